The third-order valence-corrected chi connectivity index (χ3v) is 5.32. The summed E-state index contributed by atoms with van der Waals surface area (Å²) in [5.41, 5.74) is 3.47. The molecule has 0 radical (unpaired) electrons. The van der Waals surface area contributed by atoms with Crippen LogP contribution in [-0.2, 0) is 4.74 Å². The van der Waals surface area contributed by atoms with Gasteiger partial charge in [-0.1, -0.05) is 78.4 Å². The second-order valence-electron chi connectivity index (χ2n) is 7.82. The van der Waals surface area contributed by atoms with Crippen molar-refractivity contribution in [2.24, 2.45) is 0 Å². The molecule has 4 rings (SSSR count). The van der Waals surface area contributed by atoms with Crippen molar-refractivity contribution < 1.29 is 19.1 Å². The van der Waals surface area contributed by atoms with Crippen molar-refractivity contribution in [2.45, 2.75) is 13.0 Å². The van der Waals surface area contributed by atoms with Gasteiger partial charge in [0.2, 0.25) is 5.78 Å². The highest BCUT2D eigenvalue weighted by molar-refractivity contribution is 6.05. The molecule has 0 saturated heterocycles. The number of esters is 1. The molecule has 0 saturated carbocycles. The monoisotopic (exact) mass is 449 g/mol. The molecule has 1 atom stereocenters. The summed E-state index contributed by atoms with van der Waals surface area (Å²) in [6.07, 6.45) is -1.07. The fraction of sp³-hybridized carbons (Fsp3) is 0.0690. The van der Waals surface area contributed by atoms with E-state index in [-0.39, 0.29) is 17.3 Å². The van der Waals surface area contributed by atoms with Crippen molar-refractivity contribution in [3.05, 3.63) is 137 Å². The zero-order valence-electron chi connectivity index (χ0n) is 18.6. The summed E-state index contributed by atoms with van der Waals surface area (Å²) in [5, 5.41) is 2.81. The second kappa shape index (κ2) is 10.4. The Hall–Kier alpha value is -4.51. The van der Waals surface area contributed by atoms with Crippen molar-refractivity contribution >= 4 is 23.3 Å². The maximum Gasteiger partial charge on any atom is 0.339 e. The Bertz CT molecular complexity index is 1280. The first-order valence-electron chi connectivity index (χ1n) is 10.8. The van der Waals surface area contributed by atoms with Crippen LogP contribution in [0.1, 0.15) is 48.3 Å². The number of ether oxygens (including phenoxy) is 1. The predicted octanol–water partition coefficient (Wildman–Crippen LogP) is 6.03. The third-order valence-electron chi connectivity index (χ3n) is 5.32. The first-order valence-corrected chi connectivity index (χ1v) is 10.8. The summed E-state index contributed by atoms with van der Waals surface area (Å²) < 4.78 is 5.66. The van der Waals surface area contributed by atoms with Crippen LogP contribution in [-0.4, -0.2) is 17.7 Å². The van der Waals surface area contributed by atoms with Crippen molar-refractivity contribution in [1.29, 1.82) is 0 Å². The largest absolute Gasteiger partial charge is 0.445 e. The summed E-state index contributed by atoms with van der Waals surface area (Å²) in [4.78, 5) is 38.4. The first kappa shape index (κ1) is 22.7. The summed E-state index contributed by atoms with van der Waals surface area (Å²) in [7, 11) is 0. The van der Waals surface area contributed by atoms with E-state index >= 15 is 0 Å². The lowest BCUT2D eigenvalue weighted by molar-refractivity contribution is 0.0280. The van der Waals surface area contributed by atoms with E-state index in [1.165, 1.54) is 0 Å². The maximum absolute atomic E-state index is 13.1. The van der Waals surface area contributed by atoms with Gasteiger partial charge in [0.25, 0.3) is 5.91 Å². The number of amides is 1. The van der Waals surface area contributed by atoms with E-state index in [1.54, 1.807) is 84.9 Å². The van der Waals surface area contributed by atoms with Crippen LogP contribution >= 0.6 is 0 Å². The minimum Gasteiger partial charge on any atom is -0.445 e. The quantitative estimate of drug-likeness (QED) is 0.276. The molecule has 5 nitrogen and oxygen atoms in total. The molecule has 0 heterocycles. The van der Waals surface area contributed by atoms with Crippen LogP contribution in [0.5, 0.6) is 0 Å². The van der Waals surface area contributed by atoms with Gasteiger partial charge in [0, 0.05) is 22.4 Å². The van der Waals surface area contributed by atoms with E-state index in [0.29, 0.717) is 22.4 Å². The number of Topliss-reactive ketones (excluding diaryl/α,β-unsaturated/α-hetero) is 1. The van der Waals surface area contributed by atoms with Gasteiger partial charge in [-0.05, 0) is 43.3 Å². The van der Waals surface area contributed by atoms with Crippen molar-refractivity contribution in [2.75, 3.05) is 5.32 Å². The van der Waals surface area contributed by atoms with Crippen LogP contribution in [0.15, 0.2) is 109 Å². The Balaban J connectivity index is 1.49. The molecule has 0 aliphatic rings. The summed E-state index contributed by atoms with van der Waals surface area (Å²) in [5.74, 6) is -1.18. The molecule has 0 fully saturated rings. The molecule has 0 aliphatic carbocycles. The molecule has 4 aromatic rings. The van der Waals surface area contributed by atoms with Gasteiger partial charge >= 0.3 is 5.97 Å². The molecular weight excluding hydrogens is 426 g/mol. The molecule has 0 aromatic heterocycles. The van der Waals surface area contributed by atoms with Gasteiger partial charge in [0.05, 0.1) is 5.56 Å². The van der Waals surface area contributed by atoms with Crippen LogP contribution in [0.25, 0.3) is 0 Å². The number of nitrogens with one attached hydrogen (secondary N) is 1. The van der Waals surface area contributed by atoms with E-state index in [4.69, 9.17) is 4.74 Å². The van der Waals surface area contributed by atoms with Gasteiger partial charge in [0.1, 0.15) is 0 Å². The third kappa shape index (κ3) is 5.45. The normalized spacial score (nSPS) is 11.3. The number of aryl methyl sites for hydroxylation is 1. The number of rotatable bonds is 7. The standard InChI is InChI=1S/C29H23NO4/c1-20-12-14-23(15-13-20)28(32)30-25-18-16-24(17-19-25)29(33)34-27(22-10-6-3-7-11-22)26(31)21-8-4-2-5-9-21/h2-19,27H,1H3,(H,30,32)/t27-/m0/s1. The Labute approximate surface area is 198 Å². The molecule has 168 valence electrons. The highest BCUT2D eigenvalue weighted by Gasteiger charge is 2.26. The van der Waals surface area contributed by atoms with Crippen molar-refractivity contribution in [3.63, 3.8) is 0 Å². The summed E-state index contributed by atoms with van der Waals surface area (Å²) >= 11 is 0. The Kier molecular flexibility index (Phi) is 6.94. The molecule has 34 heavy (non-hydrogen) atoms. The topological polar surface area (TPSA) is 72.5 Å². The van der Waals surface area contributed by atoms with E-state index in [2.05, 4.69) is 5.32 Å². The lowest BCUT2D eigenvalue weighted by Crippen LogP contribution is -2.20. The number of anilines is 1. The van der Waals surface area contributed by atoms with E-state index in [9.17, 15) is 14.4 Å². The molecule has 0 aliphatic heterocycles. The number of hydrogen-bond acceptors (Lipinski definition) is 4. The number of carbonyl (C=O) groups is 3. The molecule has 0 bridgehead atoms. The fourth-order valence-corrected chi connectivity index (χ4v) is 3.43. The van der Waals surface area contributed by atoms with Gasteiger partial charge in [-0.2, -0.15) is 0 Å². The molecule has 0 spiro atoms. The average Bonchev–Trinajstić information content (AvgIpc) is 2.88. The fourth-order valence-electron chi connectivity index (χ4n) is 3.43. The zero-order valence-corrected chi connectivity index (χ0v) is 18.6. The summed E-state index contributed by atoms with van der Waals surface area (Å²) in [6.45, 7) is 1.95. The first-order chi connectivity index (χ1) is 16.5. The molecule has 5 heteroatoms. The average molecular weight is 450 g/mol. The van der Waals surface area contributed by atoms with Gasteiger partial charge in [-0.3, -0.25) is 9.59 Å². The molecular formula is C29H23NO4. The lowest BCUT2D eigenvalue weighted by Gasteiger charge is -2.17. The number of hydrogen-bond donors (Lipinski definition) is 1. The van der Waals surface area contributed by atoms with Gasteiger partial charge < -0.3 is 10.1 Å². The lowest BCUT2D eigenvalue weighted by atomic mass is 10.00. The highest BCUT2D eigenvalue weighted by Crippen LogP contribution is 2.24. The van der Waals surface area contributed by atoms with Gasteiger partial charge in [0.15, 0.2) is 6.10 Å². The van der Waals surface area contributed by atoms with Crippen molar-refractivity contribution in [3.8, 4) is 0 Å². The van der Waals surface area contributed by atoms with Crippen LogP contribution < -0.4 is 5.32 Å². The SMILES string of the molecule is Cc1ccc(C(=O)Nc2ccc(C(=O)O[C@H](C(=O)c3ccccc3)c3ccccc3)cc2)cc1. The van der Waals surface area contributed by atoms with Crippen LogP contribution in [0.3, 0.4) is 0 Å². The highest BCUT2D eigenvalue weighted by atomic mass is 16.5. The van der Waals surface area contributed by atoms with E-state index < -0.39 is 12.1 Å². The Morgan fingerprint density at radius 2 is 1.21 bits per heavy atom. The summed E-state index contributed by atoms with van der Waals surface area (Å²) in [6, 6.07) is 31.3. The molecule has 1 amide bonds. The number of ketones is 1. The maximum atomic E-state index is 13.1. The minimum absolute atomic E-state index is 0.243. The van der Waals surface area contributed by atoms with Crippen LogP contribution in [0.4, 0.5) is 5.69 Å². The van der Waals surface area contributed by atoms with E-state index in [0.717, 1.165) is 5.56 Å². The minimum atomic E-state index is -1.07. The van der Waals surface area contributed by atoms with Crippen molar-refractivity contribution in [1.82, 2.24) is 0 Å². The Morgan fingerprint density at radius 1 is 0.647 bits per heavy atom. The Morgan fingerprint density at radius 3 is 1.82 bits per heavy atom. The number of benzene rings is 4. The molecule has 4 aromatic carbocycles. The molecule has 0 unspecified atom stereocenters. The zero-order chi connectivity index (χ0) is 23.9. The van der Waals surface area contributed by atoms with Gasteiger partial charge in [-0.15, -0.1) is 0 Å². The van der Waals surface area contributed by atoms with Gasteiger partial charge in [-0.25, -0.2) is 4.79 Å². The smallest absolute Gasteiger partial charge is 0.339 e. The number of carbonyl (C=O) groups excluding carboxylic acids is 3. The van der Waals surface area contributed by atoms with Crippen LogP contribution in [0.2, 0.25) is 0 Å². The molecule has 1 N–H and O–H groups in total. The van der Waals surface area contributed by atoms with Crippen LogP contribution in [0, 0.1) is 6.92 Å². The predicted molar refractivity (Wildman–Crippen MR) is 131 cm³/mol. The second-order valence-corrected chi connectivity index (χ2v) is 7.82. The van der Waals surface area contributed by atoms with E-state index in [1.807, 2.05) is 31.2 Å².